The van der Waals surface area contributed by atoms with Crippen molar-refractivity contribution in [3.63, 3.8) is 0 Å². The highest BCUT2D eigenvalue weighted by Crippen LogP contribution is 2.28. The fraction of sp³-hybridized carbons (Fsp3) is 0.333. The molecule has 0 saturated heterocycles. The van der Waals surface area contributed by atoms with Gasteiger partial charge in [0.25, 0.3) is 10.0 Å². The second-order valence-electron chi connectivity index (χ2n) is 9.81. The van der Waals surface area contributed by atoms with Crippen LogP contribution in [0.4, 0.5) is 5.69 Å². The van der Waals surface area contributed by atoms with Crippen LogP contribution in [0.2, 0.25) is 0 Å². The Morgan fingerprint density at radius 2 is 1.59 bits per heavy atom. The monoisotopic (exact) mass is 551 g/mol. The standard InChI is InChI=1S/C30H37N3O5S/c1-21(2)31-30(35)24(5)32(19-25-11-8-7-10-23(25)4)29(34)20-33(26-12-9-13-27(18-26)38-6)39(36,37)28-16-14-22(3)15-17-28/h7-18,21,24H,19-20H2,1-6H3,(H,31,35)/t24-/m0/s1. The van der Waals surface area contributed by atoms with Gasteiger partial charge in [-0.3, -0.25) is 13.9 Å². The molecule has 0 aliphatic rings. The van der Waals surface area contributed by atoms with Crippen molar-refractivity contribution in [1.29, 1.82) is 0 Å². The Hall–Kier alpha value is -3.85. The fourth-order valence-corrected chi connectivity index (χ4v) is 5.50. The number of rotatable bonds is 11. The molecule has 39 heavy (non-hydrogen) atoms. The molecule has 0 bridgehead atoms. The molecule has 0 aromatic heterocycles. The smallest absolute Gasteiger partial charge is 0.264 e. The van der Waals surface area contributed by atoms with Gasteiger partial charge in [0.2, 0.25) is 11.8 Å². The molecule has 3 aromatic carbocycles. The molecular weight excluding hydrogens is 514 g/mol. The first-order chi connectivity index (χ1) is 18.4. The van der Waals surface area contributed by atoms with Gasteiger partial charge in [0.05, 0.1) is 17.7 Å². The molecule has 1 atom stereocenters. The van der Waals surface area contributed by atoms with E-state index < -0.39 is 28.5 Å². The number of sulfonamides is 1. The van der Waals surface area contributed by atoms with Crippen molar-refractivity contribution in [3.05, 3.63) is 89.5 Å². The summed E-state index contributed by atoms with van der Waals surface area (Å²) in [4.78, 5) is 28.5. The third-order valence-corrected chi connectivity index (χ3v) is 8.22. The van der Waals surface area contributed by atoms with E-state index in [-0.39, 0.29) is 29.1 Å². The average Bonchev–Trinajstić information content (AvgIpc) is 2.90. The molecule has 0 unspecified atom stereocenters. The minimum Gasteiger partial charge on any atom is -0.497 e. The van der Waals surface area contributed by atoms with Gasteiger partial charge in [0, 0.05) is 18.7 Å². The highest BCUT2D eigenvalue weighted by atomic mass is 32.2. The number of amides is 2. The van der Waals surface area contributed by atoms with Crippen molar-refractivity contribution in [2.75, 3.05) is 18.0 Å². The number of methoxy groups -OCH3 is 1. The second-order valence-corrected chi connectivity index (χ2v) is 11.7. The number of nitrogens with zero attached hydrogens (tertiary/aromatic N) is 2. The Bertz CT molecular complexity index is 1400. The van der Waals surface area contributed by atoms with E-state index in [2.05, 4.69) is 5.32 Å². The Kier molecular flexibility index (Phi) is 9.75. The Morgan fingerprint density at radius 3 is 2.21 bits per heavy atom. The van der Waals surface area contributed by atoms with Crippen molar-refractivity contribution in [1.82, 2.24) is 10.2 Å². The zero-order valence-corrected chi connectivity index (χ0v) is 24.2. The summed E-state index contributed by atoms with van der Waals surface area (Å²) >= 11 is 0. The van der Waals surface area contributed by atoms with Crippen LogP contribution in [0, 0.1) is 13.8 Å². The molecule has 0 spiro atoms. The van der Waals surface area contributed by atoms with Gasteiger partial charge in [-0.2, -0.15) is 0 Å². The third kappa shape index (κ3) is 7.38. The lowest BCUT2D eigenvalue weighted by molar-refractivity contribution is -0.139. The number of carbonyl (C=O) groups is 2. The molecule has 9 heteroatoms. The van der Waals surface area contributed by atoms with Crippen molar-refractivity contribution >= 4 is 27.5 Å². The highest BCUT2D eigenvalue weighted by molar-refractivity contribution is 7.92. The van der Waals surface area contributed by atoms with E-state index in [4.69, 9.17) is 4.74 Å². The van der Waals surface area contributed by atoms with Gasteiger partial charge in [-0.05, 0) is 70.0 Å². The number of nitrogens with one attached hydrogen (secondary N) is 1. The van der Waals surface area contributed by atoms with E-state index in [0.29, 0.717) is 5.75 Å². The number of aryl methyl sites for hydroxylation is 2. The van der Waals surface area contributed by atoms with Crippen molar-refractivity contribution in [2.24, 2.45) is 0 Å². The Labute approximate surface area is 231 Å². The van der Waals surface area contributed by atoms with Gasteiger partial charge >= 0.3 is 0 Å². The van der Waals surface area contributed by atoms with E-state index in [1.165, 1.54) is 24.1 Å². The van der Waals surface area contributed by atoms with Crippen molar-refractivity contribution in [2.45, 2.75) is 58.1 Å². The van der Waals surface area contributed by atoms with Crippen molar-refractivity contribution < 1.29 is 22.7 Å². The van der Waals surface area contributed by atoms with Gasteiger partial charge in [0.15, 0.2) is 0 Å². The molecule has 0 fully saturated rings. The maximum atomic E-state index is 14.0. The molecule has 3 aromatic rings. The number of hydrogen-bond donors (Lipinski definition) is 1. The number of anilines is 1. The predicted octanol–water partition coefficient (Wildman–Crippen LogP) is 4.45. The van der Waals surface area contributed by atoms with Gasteiger partial charge in [-0.25, -0.2) is 8.42 Å². The molecular formula is C30H37N3O5S. The third-order valence-electron chi connectivity index (χ3n) is 6.43. The summed E-state index contributed by atoms with van der Waals surface area (Å²) in [6.07, 6.45) is 0. The van der Waals surface area contributed by atoms with Crippen LogP contribution in [0.5, 0.6) is 5.75 Å². The van der Waals surface area contributed by atoms with Gasteiger partial charge in [-0.15, -0.1) is 0 Å². The predicted molar refractivity (Wildman–Crippen MR) is 153 cm³/mol. The quantitative estimate of drug-likeness (QED) is 0.380. The van der Waals surface area contributed by atoms with Crippen LogP contribution in [0.15, 0.2) is 77.7 Å². The van der Waals surface area contributed by atoms with E-state index in [1.54, 1.807) is 43.3 Å². The fourth-order valence-electron chi connectivity index (χ4n) is 4.09. The number of carbonyl (C=O) groups excluding carboxylic acids is 2. The van der Waals surface area contributed by atoms with Crippen LogP contribution >= 0.6 is 0 Å². The number of benzene rings is 3. The van der Waals surface area contributed by atoms with Gasteiger partial charge in [0.1, 0.15) is 18.3 Å². The number of hydrogen-bond acceptors (Lipinski definition) is 5. The van der Waals surface area contributed by atoms with E-state index in [9.17, 15) is 18.0 Å². The van der Waals surface area contributed by atoms with Crippen LogP contribution in [0.1, 0.15) is 37.5 Å². The van der Waals surface area contributed by atoms with E-state index in [1.807, 2.05) is 52.0 Å². The molecule has 1 N–H and O–H groups in total. The molecule has 208 valence electrons. The lowest BCUT2D eigenvalue weighted by Gasteiger charge is -2.32. The van der Waals surface area contributed by atoms with Crippen LogP contribution < -0.4 is 14.4 Å². The summed E-state index contributed by atoms with van der Waals surface area (Å²) in [7, 11) is -2.65. The SMILES string of the molecule is COc1cccc(N(CC(=O)N(Cc2ccccc2C)[C@@H](C)C(=O)NC(C)C)S(=O)(=O)c2ccc(C)cc2)c1. The minimum absolute atomic E-state index is 0.0553. The first-order valence-electron chi connectivity index (χ1n) is 12.8. The molecule has 0 aliphatic carbocycles. The van der Waals surface area contributed by atoms with Crippen LogP contribution in [-0.4, -0.2) is 50.9 Å². The van der Waals surface area contributed by atoms with E-state index in [0.717, 1.165) is 21.0 Å². The largest absolute Gasteiger partial charge is 0.497 e. The first kappa shape index (κ1) is 29.7. The highest BCUT2D eigenvalue weighted by Gasteiger charge is 2.33. The summed E-state index contributed by atoms with van der Waals surface area (Å²) < 4.78 is 34.2. The van der Waals surface area contributed by atoms with Crippen molar-refractivity contribution in [3.8, 4) is 5.75 Å². The second kappa shape index (κ2) is 12.8. The summed E-state index contributed by atoms with van der Waals surface area (Å²) in [6, 6.07) is 19.6. The van der Waals surface area contributed by atoms with Gasteiger partial charge < -0.3 is 15.0 Å². The van der Waals surface area contributed by atoms with E-state index >= 15 is 0 Å². The topological polar surface area (TPSA) is 96.0 Å². The zero-order chi connectivity index (χ0) is 28.7. The normalized spacial score (nSPS) is 12.1. The lowest BCUT2D eigenvalue weighted by Crippen LogP contribution is -2.52. The van der Waals surface area contributed by atoms with Crippen LogP contribution in [-0.2, 0) is 26.2 Å². The minimum atomic E-state index is -4.14. The molecule has 8 nitrogen and oxygen atoms in total. The lowest BCUT2D eigenvalue weighted by atomic mass is 10.1. The van der Waals surface area contributed by atoms with Crippen LogP contribution in [0.3, 0.4) is 0 Å². The molecule has 0 heterocycles. The molecule has 0 aliphatic heterocycles. The summed E-state index contributed by atoms with van der Waals surface area (Å²) in [5.41, 5.74) is 3.01. The first-order valence-corrected chi connectivity index (χ1v) is 14.3. The Balaban J connectivity index is 2.06. The number of ether oxygens (including phenoxy) is 1. The summed E-state index contributed by atoms with van der Waals surface area (Å²) in [5, 5.41) is 2.86. The molecule has 2 amide bonds. The molecule has 3 rings (SSSR count). The zero-order valence-electron chi connectivity index (χ0n) is 23.3. The maximum absolute atomic E-state index is 14.0. The summed E-state index contributed by atoms with van der Waals surface area (Å²) in [6.45, 7) is 8.78. The Morgan fingerprint density at radius 1 is 0.923 bits per heavy atom. The maximum Gasteiger partial charge on any atom is 0.264 e. The molecule has 0 saturated carbocycles. The van der Waals surface area contributed by atoms with Gasteiger partial charge in [-0.1, -0.05) is 48.0 Å². The van der Waals surface area contributed by atoms with Crippen LogP contribution in [0.25, 0.3) is 0 Å². The average molecular weight is 552 g/mol. The summed E-state index contributed by atoms with van der Waals surface area (Å²) in [5.74, 6) is -0.380. The molecule has 0 radical (unpaired) electrons.